The molecule has 2 aliphatic rings. The van der Waals surface area contributed by atoms with Gasteiger partial charge in [-0.1, -0.05) is 0 Å². The summed E-state index contributed by atoms with van der Waals surface area (Å²) in [6.07, 6.45) is 2.72. The molecule has 0 spiro atoms. The summed E-state index contributed by atoms with van der Waals surface area (Å²) in [7, 11) is 0. The molecule has 0 saturated carbocycles. The minimum Gasteiger partial charge on any atom is -1.00 e. The normalized spacial score (nSPS) is 14.5. The Morgan fingerprint density at radius 2 is 1.13 bits per heavy atom. The van der Waals surface area contributed by atoms with E-state index in [-0.39, 0.29) is 24.8 Å². The Kier molecular flexibility index (Phi) is 8.92. The van der Waals surface area contributed by atoms with Crippen molar-refractivity contribution >= 4 is 32.6 Å². The first-order valence-corrected chi connectivity index (χ1v) is 24.5. The average Bonchev–Trinajstić information content (AvgIpc) is 3.50. The summed E-state index contributed by atoms with van der Waals surface area (Å²) in [6, 6.07) is 42.0. The van der Waals surface area contributed by atoms with Gasteiger partial charge in [0.25, 0.3) is 0 Å². The molecule has 0 N–H and O–H groups in total. The van der Waals surface area contributed by atoms with E-state index in [0.29, 0.717) is 7.25 Å². The fourth-order valence-electron chi connectivity index (χ4n) is 8.07. The number of rotatable bonds is 3. The third-order valence-corrected chi connectivity index (χ3v) is 28.9. The number of benzene rings is 6. The third kappa shape index (κ3) is 5.14. The molecule has 0 radical (unpaired) electrons. The van der Waals surface area contributed by atoms with Crippen LogP contribution in [-0.4, -0.2) is 5.43 Å². The van der Waals surface area contributed by atoms with Crippen LogP contribution in [0, 0.1) is 13.8 Å². The maximum absolute atomic E-state index is 2.72. The summed E-state index contributed by atoms with van der Waals surface area (Å²) in [5.74, 6) is 0. The van der Waals surface area contributed by atoms with Crippen molar-refractivity contribution in [3.8, 4) is 22.3 Å². The molecule has 0 saturated heterocycles. The maximum atomic E-state index is 2.72. The molecule has 1 atom stereocenters. The summed E-state index contributed by atoms with van der Waals surface area (Å²) in [5.41, 5.74) is 15.8. The summed E-state index contributed by atoms with van der Waals surface area (Å²) in [4.78, 5) is 0. The van der Waals surface area contributed by atoms with Crippen molar-refractivity contribution in [1.29, 1.82) is 0 Å². The number of fused-ring (bicyclic) bond motifs is 7. The van der Waals surface area contributed by atoms with Crippen molar-refractivity contribution in [2.24, 2.45) is 0 Å². The Morgan fingerprint density at radius 1 is 0.533 bits per heavy atom. The summed E-state index contributed by atoms with van der Waals surface area (Å²) >= 11 is -2.19. The van der Waals surface area contributed by atoms with Crippen molar-refractivity contribution in [1.82, 2.24) is 0 Å². The summed E-state index contributed by atoms with van der Waals surface area (Å²) in [5, 5.41) is 5.35. The quantitative estimate of drug-likeness (QED) is 0.171. The minimum absolute atomic E-state index is 0. The van der Waals surface area contributed by atoms with Crippen LogP contribution in [0.4, 0.5) is 0 Å². The van der Waals surface area contributed by atoms with Gasteiger partial charge in [0.05, 0.1) is 0 Å². The van der Waals surface area contributed by atoms with E-state index in [0.717, 1.165) is 0 Å². The monoisotopic (exact) mass is 716 g/mol. The van der Waals surface area contributed by atoms with Gasteiger partial charge in [-0.15, -0.1) is 0 Å². The molecule has 6 aromatic carbocycles. The molecular formula is C41H36Cl2SiZr. The second-order valence-electron chi connectivity index (χ2n) is 12.9. The molecule has 0 amide bonds. The van der Waals surface area contributed by atoms with Gasteiger partial charge in [-0.05, 0) is 0 Å². The molecule has 6 aromatic rings. The predicted octanol–water partition coefficient (Wildman–Crippen LogP) is 5.38. The van der Waals surface area contributed by atoms with Gasteiger partial charge in [0.1, 0.15) is 0 Å². The van der Waals surface area contributed by atoms with Gasteiger partial charge in [-0.2, -0.15) is 0 Å². The van der Waals surface area contributed by atoms with Gasteiger partial charge in [0.15, 0.2) is 0 Å². The first-order chi connectivity index (χ1) is 20.9. The van der Waals surface area contributed by atoms with Crippen molar-refractivity contribution in [3.63, 3.8) is 0 Å². The van der Waals surface area contributed by atoms with Crippen LogP contribution in [0.15, 0.2) is 115 Å². The molecule has 45 heavy (non-hydrogen) atoms. The van der Waals surface area contributed by atoms with E-state index in [1.807, 2.05) is 0 Å². The van der Waals surface area contributed by atoms with Crippen molar-refractivity contribution in [2.75, 3.05) is 0 Å². The van der Waals surface area contributed by atoms with Gasteiger partial charge in [0, 0.05) is 0 Å². The van der Waals surface area contributed by atoms with Crippen LogP contribution >= 0.6 is 0 Å². The predicted molar refractivity (Wildman–Crippen MR) is 184 cm³/mol. The van der Waals surface area contributed by atoms with Crippen LogP contribution in [0.2, 0.25) is 13.1 Å². The zero-order valence-electron chi connectivity index (χ0n) is 26.4. The first-order valence-electron chi connectivity index (χ1n) is 15.5. The molecule has 4 heteroatoms. The molecule has 0 bridgehead atoms. The van der Waals surface area contributed by atoms with Crippen molar-refractivity contribution in [3.05, 3.63) is 149 Å². The van der Waals surface area contributed by atoms with Gasteiger partial charge in [-0.25, -0.2) is 0 Å². The fraction of sp³-hybridized carbons (Fsp3) is 0.171. The molecule has 0 nitrogen and oxygen atoms in total. The molecule has 0 aromatic heterocycles. The Balaban J connectivity index is 0.00000179. The Labute approximate surface area is 287 Å². The van der Waals surface area contributed by atoms with Crippen LogP contribution < -0.4 is 24.8 Å². The average molecular weight is 719 g/mol. The van der Waals surface area contributed by atoms with E-state index in [2.05, 4.69) is 149 Å². The second-order valence-corrected chi connectivity index (χ2v) is 30.8. The largest absolute Gasteiger partial charge is 1.00 e. The number of allylic oxidation sites excluding steroid dienone is 2. The summed E-state index contributed by atoms with van der Waals surface area (Å²) in [6.45, 7) is 12.2. The van der Waals surface area contributed by atoms with Gasteiger partial charge in [0.2, 0.25) is 0 Å². The smallest absolute Gasteiger partial charge is 1.00 e. The Morgan fingerprint density at radius 3 is 1.78 bits per heavy atom. The van der Waals surface area contributed by atoms with Crippen LogP contribution in [0.25, 0.3) is 49.4 Å². The number of halogens is 2. The minimum atomic E-state index is -2.19. The third-order valence-electron chi connectivity index (χ3n) is 9.85. The van der Waals surface area contributed by atoms with Crippen LogP contribution in [0.1, 0.15) is 47.6 Å². The number of hydrogen-bond acceptors (Lipinski definition) is 0. The van der Waals surface area contributed by atoms with E-state index in [9.17, 15) is 0 Å². The molecular weight excluding hydrogens is 683 g/mol. The molecule has 0 heterocycles. The molecule has 1 unspecified atom stereocenters. The zero-order chi connectivity index (χ0) is 29.4. The molecule has 8 rings (SSSR count). The van der Waals surface area contributed by atoms with E-state index >= 15 is 0 Å². The molecule has 0 fully saturated rings. The van der Waals surface area contributed by atoms with Crippen molar-refractivity contribution in [2.45, 2.75) is 41.1 Å². The van der Waals surface area contributed by atoms with Gasteiger partial charge < -0.3 is 24.8 Å². The van der Waals surface area contributed by atoms with Gasteiger partial charge >= 0.3 is 265 Å². The molecule has 2 aliphatic carbocycles. The standard InChI is InChI=1S/C24H17.C15H13.C2H6Si.2ClH.Zr/c1-16-13-14-17-8-6-12-22(24(16)17)23-15-18-7-2-3-9-19(18)20-10-4-5-11-21(20)23;1-10-3-5-14-12(7-10)9-13-8-11(2)4-6-15(13)14;1-3-2;;;/h2-15H,1H3;3-9H,1-2H3;1-2H3;2*1H;/q;;;;;+2/p-2. The molecule has 222 valence electrons. The molecule has 0 aliphatic heterocycles. The fourth-order valence-corrected chi connectivity index (χ4v) is 27.5. The van der Waals surface area contributed by atoms with Gasteiger partial charge in [-0.3, -0.25) is 0 Å². The topological polar surface area (TPSA) is 0 Å². The summed E-state index contributed by atoms with van der Waals surface area (Å²) < 4.78 is 1.21. The van der Waals surface area contributed by atoms with Crippen molar-refractivity contribution < 1.29 is 45.2 Å². The van der Waals surface area contributed by atoms with Crippen LogP contribution in [-0.2, 0) is 20.4 Å². The SMILES string of the molecule is CC1=C[CH]([Zr+2]([CH]2c3cc(C)ccc3-c3ccc(C)cc32)=[Si](C)C)c2cccc(-c3cc4ccccc4c4ccccc34)c21.[Cl-].[Cl-]. The Hall–Kier alpha value is -2.74. The Bertz CT molecular complexity index is 2150. The zero-order valence-corrected chi connectivity index (χ0v) is 31.4. The van der Waals surface area contributed by atoms with E-state index in [1.165, 1.54) is 66.1 Å². The van der Waals surface area contributed by atoms with E-state index < -0.39 is 25.8 Å². The van der Waals surface area contributed by atoms with E-state index in [1.54, 1.807) is 16.7 Å². The maximum Gasteiger partial charge on any atom is -1.00 e. The number of hydrogen-bond donors (Lipinski definition) is 0. The van der Waals surface area contributed by atoms with E-state index in [4.69, 9.17) is 0 Å². The second kappa shape index (κ2) is 12.5. The first kappa shape index (κ1) is 32.2. The number of aryl methyl sites for hydroxylation is 2. The van der Waals surface area contributed by atoms with Crippen LogP contribution in [0.3, 0.4) is 0 Å². The van der Waals surface area contributed by atoms with Crippen LogP contribution in [0.5, 0.6) is 0 Å².